The van der Waals surface area contributed by atoms with Crippen LogP contribution in [0.5, 0.6) is 11.8 Å². The van der Waals surface area contributed by atoms with Crippen LogP contribution in [-0.2, 0) is 6.42 Å². The van der Waals surface area contributed by atoms with Gasteiger partial charge in [0.15, 0.2) is 5.65 Å². The second kappa shape index (κ2) is 7.68. The summed E-state index contributed by atoms with van der Waals surface area (Å²) in [6, 6.07) is 4.02. The lowest BCUT2D eigenvalue weighted by Gasteiger charge is -2.15. The molecule has 1 atom stereocenters. The van der Waals surface area contributed by atoms with E-state index in [9.17, 15) is 0 Å². The first-order valence-electron chi connectivity index (χ1n) is 8.95. The average molecular weight is 355 g/mol. The van der Waals surface area contributed by atoms with Gasteiger partial charge in [0.1, 0.15) is 23.4 Å². The van der Waals surface area contributed by atoms with Crippen molar-refractivity contribution in [2.45, 2.75) is 46.1 Å². The van der Waals surface area contributed by atoms with Crippen LogP contribution in [0.15, 0.2) is 18.5 Å². The molecule has 0 aliphatic carbocycles. The summed E-state index contributed by atoms with van der Waals surface area (Å²) in [6.45, 7) is 6.51. The number of nitrogens with zero attached hydrogens (tertiary/aromatic N) is 5. The summed E-state index contributed by atoms with van der Waals surface area (Å²) in [6.07, 6.45) is 4.60. The van der Waals surface area contributed by atoms with Crippen molar-refractivity contribution >= 4 is 11.2 Å². The van der Waals surface area contributed by atoms with Crippen LogP contribution in [0.25, 0.3) is 22.4 Å². The quantitative estimate of drug-likeness (QED) is 0.641. The van der Waals surface area contributed by atoms with Crippen LogP contribution in [0.4, 0.5) is 0 Å². The van der Waals surface area contributed by atoms with Gasteiger partial charge < -0.3 is 14.0 Å². The Morgan fingerprint density at radius 3 is 2.54 bits per heavy atom. The molecule has 0 bridgehead atoms. The van der Waals surface area contributed by atoms with E-state index in [1.807, 2.05) is 6.07 Å². The second-order valence-corrected chi connectivity index (χ2v) is 6.19. The molecule has 3 aromatic heterocycles. The summed E-state index contributed by atoms with van der Waals surface area (Å²) in [7, 11) is 3.16. The van der Waals surface area contributed by atoms with E-state index in [2.05, 4.69) is 40.3 Å². The highest BCUT2D eigenvalue weighted by atomic mass is 16.5. The van der Waals surface area contributed by atoms with Crippen molar-refractivity contribution in [1.82, 2.24) is 24.5 Å². The Balaban J connectivity index is 2.23. The van der Waals surface area contributed by atoms with Crippen molar-refractivity contribution in [3.63, 3.8) is 0 Å². The fraction of sp³-hybridized carbons (Fsp3) is 0.474. The van der Waals surface area contributed by atoms with Crippen molar-refractivity contribution in [3.8, 4) is 23.0 Å². The summed E-state index contributed by atoms with van der Waals surface area (Å²) in [5.41, 5.74) is 3.12. The molecule has 7 nitrogen and oxygen atoms in total. The average Bonchev–Trinajstić information content (AvgIpc) is 3.06. The third-order valence-corrected chi connectivity index (χ3v) is 4.51. The molecular weight excluding hydrogens is 330 g/mol. The first kappa shape index (κ1) is 18.1. The number of aryl methyl sites for hydroxylation is 1. The molecule has 0 aliphatic rings. The fourth-order valence-electron chi connectivity index (χ4n) is 3.28. The molecule has 3 heterocycles. The van der Waals surface area contributed by atoms with Crippen LogP contribution >= 0.6 is 0 Å². The van der Waals surface area contributed by atoms with E-state index >= 15 is 0 Å². The molecule has 0 spiro atoms. The monoisotopic (exact) mass is 355 g/mol. The number of fused-ring (bicyclic) bond motifs is 1. The van der Waals surface area contributed by atoms with E-state index in [4.69, 9.17) is 14.5 Å². The molecule has 138 valence electrons. The van der Waals surface area contributed by atoms with E-state index in [0.29, 0.717) is 17.8 Å². The Morgan fingerprint density at radius 2 is 1.88 bits per heavy atom. The van der Waals surface area contributed by atoms with Crippen molar-refractivity contribution in [1.29, 1.82) is 0 Å². The zero-order valence-corrected chi connectivity index (χ0v) is 16.0. The Bertz CT molecular complexity index is 906. The van der Waals surface area contributed by atoms with Crippen LogP contribution in [0.3, 0.4) is 0 Å². The Kier molecular flexibility index (Phi) is 5.35. The first-order chi connectivity index (χ1) is 12.6. The molecule has 0 aliphatic heterocycles. The maximum Gasteiger partial charge on any atom is 0.226 e. The maximum atomic E-state index is 5.45. The number of rotatable bonds is 7. The third-order valence-electron chi connectivity index (χ3n) is 4.51. The van der Waals surface area contributed by atoms with Gasteiger partial charge in [-0.3, -0.25) is 0 Å². The van der Waals surface area contributed by atoms with Gasteiger partial charge in [-0.25, -0.2) is 15.0 Å². The van der Waals surface area contributed by atoms with E-state index in [0.717, 1.165) is 47.5 Å². The van der Waals surface area contributed by atoms with E-state index in [1.54, 1.807) is 26.6 Å². The summed E-state index contributed by atoms with van der Waals surface area (Å²) < 4.78 is 12.9. The molecule has 3 rings (SSSR count). The Morgan fingerprint density at radius 1 is 1.08 bits per heavy atom. The Labute approximate surface area is 153 Å². The molecule has 0 aromatic carbocycles. The molecule has 0 saturated heterocycles. The first-order valence-corrected chi connectivity index (χ1v) is 8.95. The minimum Gasteiger partial charge on any atom is -0.481 e. The molecule has 0 radical (unpaired) electrons. The fourth-order valence-corrected chi connectivity index (χ4v) is 3.28. The summed E-state index contributed by atoms with van der Waals surface area (Å²) in [5.74, 6) is 1.97. The largest absolute Gasteiger partial charge is 0.481 e. The van der Waals surface area contributed by atoms with Gasteiger partial charge in [0.25, 0.3) is 0 Å². The van der Waals surface area contributed by atoms with Crippen LogP contribution < -0.4 is 9.47 Å². The van der Waals surface area contributed by atoms with E-state index in [1.165, 1.54) is 0 Å². The van der Waals surface area contributed by atoms with Crippen molar-refractivity contribution < 1.29 is 9.47 Å². The van der Waals surface area contributed by atoms with Crippen molar-refractivity contribution in [2.75, 3.05) is 14.2 Å². The van der Waals surface area contributed by atoms with E-state index < -0.39 is 0 Å². The van der Waals surface area contributed by atoms with Gasteiger partial charge >= 0.3 is 0 Å². The number of hydrogen-bond acceptors (Lipinski definition) is 6. The highest BCUT2D eigenvalue weighted by Crippen LogP contribution is 2.34. The van der Waals surface area contributed by atoms with Crippen molar-refractivity contribution in [2.24, 2.45) is 0 Å². The summed E-state index contributed by atoms with van der Waals surface area (Å²) in [5, 5.41) is 0. The number of ether oxygens (including phenoxy) is 2. The zero-order valence-electron chi connectivity index (χ0n) is 16.0. The predicted molar refractivity (Wildman–Crippen MR) is 101 cm³/mol. The smallest absolute Gasteiger partial charge is 0.226 e. The molecule has 26 heavy (non-hydrogen) atoms. The van der Waals surface area contributed by atoms with Gasteiger partial charge in [0.2, 0.25) is 11.8 Å². The summed E-state index contributed by atoms with van der Waals surface area (Å²) >= 11 is 0. The zero-order chi connectivity index (χ0) is 18.7. The third kappa shape index (κ3) is 3.09. The number of methoxy groups -OCH3 is 2. The van der Waals surface area contributed by atoms with Gasteiger partial charge in [0, 0.05) is 18.5 Å². The number of hydrogen-bond donors (Lipinski definition) is 0. The second-order valence-electron chi connectivity index (χ2n) is 6.19. The van der Waals surface area contributed by atoms with Gasteiger partial charge in [-0.1, -0.05) is 20.3 Å². The van der Waals surface area contributed by atoms with Crippen LogP contribution in [0.1, 0.15) is 45.5 Å². The van der Waals surface area contributed by atoms with Crippen LogP contribution in [-0.4, -0.2) is 38.7 Å². The van der Waals surface area contributed by atoms with Gasteiger partial charge in [-0.15, -0.1) is 0 Å². The minimum absolute atomic E-state index is 0.332. The SMILES string of the molecule is CCCC(C)n1c(CC)nc2c(-c3ccc(OC)nc3OC)ncnc21. The molecule has 0 fully saturated rings. The maximum absolute atomic E-state index is 5.45. The molecule has 7 heteroatoms. The molecule has 0 saturated carbocycles. The predicted octanol–water partition coefficient (Wildman–Crippen LogP) is 3.83. The molecule has 3 aromatic rings. The lowest BCUT2D eigenvalue weighted by Crippen LogP contribution is -2.09. The minimum atomic E-state index is 0.332. The van der Waals surface area contributed by atoms with Crippen molar-refractivity contribution in [3.05, 3.63) is 24.3 Å². The van der Waals surface area contributed by atoms with Crippen LogP contribution in [0.2, 0.25) is 0 Å². The number of aromatic nitrogens is 5. The lowest BCUT2D eigenvalue weighted by atomic mass is 10.1. The van der Waals surface area contributed by atoms with Crippen LogP contribution in [0, 0.1) is 0 Å². The lowest BCUT2D eigenvalue weighted by molar-refractivity contribution is 0.366. The molecule has 0 amide bonds. The highest BCUT2D eigenvalue weighted by Gasteiger charge is 2.21. The normalized spacial score (nSPS) is 12.3. The van der Waals surface area contributed by atoms with Gasteiger partial charge in [-0.05, 0) is 19.4 Å². The highest BCUT2D eigenvalue weighted by molar-refractivity contribution is 5.89. The molecular formula is C19H25N5O2. The summed E-state index contributed by atoms with van der Waals surface area (Å²) in [4.78, 5) is 18.2. The Hall–Kier alpha value is -2.70. The molecule has 1 unspecified atom stereocenters. The standard InChI is InChI=1S/C19H25N5O2/c1-6-8-12(3)24-14(7-2)22-17-16(20-11-21-18(17)24)13-9-10-15(25-4)23-19(13)26-5/h9-12H,6-8H2,1-5H3. The topological polar surface area (TPSA) is 75.0 Å². The van der Waals surface area contributed by atoms with Gasteiger partial charge in [0.05, 0.1) is 19.8 Å². The van der Waals surface area contributed by atoms with E-state index in [-0.39, 0.29) is 0 Å². The number of pyridine rings is 1. The van der Waals surface area contributed by atoms with Gasteiger partial charge in [-0.2, -0.15) is 4.98 Å². The number of imidazole rings is 1. The molecule has 0 N–H and O–H groups in total.